The van der Waals surface area contributed by atoms with Crippen LogP contribution in [0.15, 0.2) is 97.1 Å². The highest BCUT2D eigenvalue weighted by Crippen LogP contribution is 2.29. The van der Waals surface area contributed by atoms with Crippen molar-refractivity contribution in [3.8, 4) is 0 Å². The van der Waals surface area contributed by atoms with E-state index in [1.165, 1.54) is 4.90 Å². The lowest BCUT2D eigenvalue weighted by molar-refractivity contribution is -0.140. The standard InChI is InChI=1S/C33H36ClN3O4S/c1-4-24(2)35-33(39)31(21-25-12-6-5-7-13-25)36(22-26-14-10-17-28(34)20-26)32(38)23-37(42(3,40)41)30-19-11-16-27-15-8-9-18-29(27)30/h5-20,24,31H,4,21-23H2,1-3H3,(H,35,39). The van der Waals surface area contributed by atoms with Crippen LogP contribution in [-0.2, 0) is 32.6 Å². The van der Waals surface area contributed by atoms with E-state index in [9.17, 15) is 18.0 Å². The number of anilines is 1. The van der Waals surface area contributed by atoms with Crippen molar-refractivity contribution in [2.75, 3.05) is 17.1 Å². The SMILES string of the molecule is CCC(C)NC(=O)C(Cc1ccccc1)N(Cc1cccc(Cl)c1)C(=O)CN(c1cccc2ccccc12)S(C)(=O)=O. The number of hydrogen-bond donors (Lipinski definition) is 1. The maximum atomic E-state index is 14.3. The zero-order chi connectivity index (χ0) is 30.3. The number of nitrogens with zero attached hydrogens (tertiary/aromatic N) is 2. The molecule has 0 aromatic heterocycles. The second kappa shape index (κ2) is 13.9. The molecule has 2 unspecified atom stereocenters. The molecule has 1 N–H and O–H groups in total. The maximum Gasteiger partial charge on any atom is 0.244 e. The van der Waals surface area contributed by atoms with E-state index in [-0.39, 0.29) is 24.9 Å². The fourth-order valence-electron chi connectivity index (χ4n) is 4.85. The van der Waals surface area contributed by atoms with Crippen LogP contribution in [0.2, 0.25) is 5.02 Å². The van der Waals surface area contributed by atoms with Crippen LogP contribution in [-0.4, -0.2) is 50.0 Å². The molecule has 0 saturated carbocycles. The number of carbonyl (C=O) groups excluding carboxylic acids is 2. The van der Waals surface area contributed by atoms with Crippen molar-refractivity contribution in [1.29, 1.82) is 0 Å². The molecule has 4 aromatic rings. The van der Waals surface area contributed by atoms with E-state index < -0.39 is 28.5 Å². The van der Waals surface area contributed by atoms with Crippen molar-refractivity contribution in [1.82, 2.24) is 10.2 Å². The van der Waals surface area contributed by atoms with E-state index >= 15 is 0 Å². The van der Waals surface area contributed by atoms with Gasteiger partial charge in [-0.3, -0.25) is 13.9 Å². The number of carbonyl (C=O) groups is 2. The minimum absolute atomic E-state index is 0.0674. The van der Waals surface area contributed by atoms with E-state index in [1.807, 2.05) is 80.6 Å². The van der Waals surface area contributed by atoms with Gasteiger partial charge in [-0.2, -0.15) is 0 Å². The number of rotatable bonds is 12. The molecule has 42 heavy (non-hydrogen) atoms. The lowest BCUT2D eigenvalue weighted by atomic mass is 10.0. The fourth-order valence-corrected chi connectivity index (χ4v) is 5.92. The second-order valence-electron chi connectivity index (χ2n) is 10.4. The van der Waals surface area contributed by atoms with Crippen molar-refractivity contribution in [2.24, 2.45) is 0 Å². The molecule has 9 heteroatoms. The van der Waals surface area contributed by atoms with E-state index in [0.29, 0.717) is 16.1 Å². The summed E-state index contributed by atoms with van der Waals surface area (Å²) in [6.45, 7) is 3.47. The topological polar surface area (TPSA) is 86.8 Å². The summed E-state index contributed by atoms with van der Waals surface area (Å²) in [5.41, 5.74) is 2.00. The van der Waals surface area contributed by atoms with Crippen LogP contribution >= 0.6 is 11.6 Å². The smallest absolute Gasteiger partial charge is 0.244 e. The van der Waals surface area contributed by atoms with Crippen LogP contribution < -0.4 is 9.62 Å². The molecule has 0 fully saturated rings. The highest BCUT2D eigenvalue weighted by molar-refractivity contribution is 7.92. The Morgan fingerprint density at radius 3 is 2.21 bits per heavy atom. The van der Waals surface area contributed by atoms with Gasteiger partial charge >= 0.3 is 0 Å². The minimum atomic E-state index is -3.88. The van der Waals surface area contributed by atoms with Crippen LogP contribution in [0.5, 0.6) is 0 Å². The Labute approximate surface area is 253 Å². The Kier molecular flexibility index (Phi) is 10.2. The van der Waals surface area contributed by atoms with Gasteiger partial charge in [0.2, 0.25) is 21.8 Å². The van der Waals surface area contributed by atoms with Crippen LogP contribution in [0.4, 0.5) is 5.69 Å². The van der Waals surface area contributed by atoms with Gasteiger partial charge in [0.25, 0.3) is 0 Å². The summed E-state index contributed by atoms with van der Waals surface area (Å²) < 4.78 is 27.5. The largest absolute Gasteiger partial charge is 0.352 e. The number of benzene rings is 4. The third-order valence-corrected chi connectivity index (χ3v) is 8.59. The van der Waals surface area contributed by atoms with Crippen molar-refractivity contribution in [2.45, 2.75) is 45.3 Å². The molecular weight excluding hydrogens is 570 g/mol. The maximum absolute atomic E-state index is 14.3. The van der Waals surface area contributed by atoms with E-state index in [4.69, 9.17) is 11.6 Å². The zero-order valence-corrected chi connectivity index (χ0v) is 25.6. The van der Waals surface area contributed by atoms with Crippen molar-refractivity contribution in [3.05, 3.63) is 113 Å². The van der Waals surface area contributed by atoms with Crippen LogP contribution in [0.3, 0.4) is 0 Å². The zero-order valence-electron chi connectivity index (χ0n) is 24.0. The summed E-state index contributed by atoms with van der Waals surface area (Å²) in [5.74, 6) is -0.812. The van der Waals surface area contributed by atoms with E-state index in [2.05, 4.69) is 5.32 Å². The van der Waals surface area contributed by atoms with Crippen LogP contribution in [0.25, 0.3) is 10.8 Å². The Balaban J connectivity index is 1.79. The number of hydrogen-bond acceptors (Lipinski definition) is 4. The molecule has 7 nitrogen and oxygen atoms in total. The number of halogens is 1. The average Bonchev–Trinajstić information content (AvgIpc) is 2.97. The highest BCUT2D eigenvalue weighted by atomic mass is 35.5. The molecule has 0 heterocycles. The van der Waals surface area contributed by atoms with Gasteiger partial charge in [-0.1, -0.05) is 97.4 Å². The first kappa shape index (κ1) is 31.1. The number of sulfonamides is 1. The monoisotopic (exact) mass is 605 g/mol. The molecule has 0 spiro atoms. The van der Waals surface area contributed by atoms with Crippen molar-refractivity contribution < 1.29 is 18.0 Å². The Hall–Kier alpha value is -3.88. The van der Waals surface area contributed by atoms with Gasteiger partial charge in [-0.25, -0.2) is 8.42 Å². The molecule has 4 aromatic carbocycles. The molecule has 0 saturated heterocycles. The normalized spacial score (nSPS) is 12.9. The van der Waals surface area contributed by atoms with Gasteiger partial charge in [0.15, 0.2) is 0 Å². The van der Waals surface area contributed by atoms with Gasteiger partial charge in [-0.05, 0) is 48.1 Å². The van der Waals surface area contributed by atoms with E-state index in [0.717, 1.165) is 33.5 Å². The second-order valence-corrected chi connectivity index (χ2v) is 12.8. The third kappa shape index (κ3) is 7.89. The molecule has 0 aliphatic heterocycles. The van der Waals surface area contributed by atoms with Gasteiger partial charge in [0.1, 0.15) is 12.6 Å². The molecule has 0 aliphatic rings. The lowest BCUT2D eigenvalue weighted by Gasteiger charge is -2.34. The molecule has 0 radical (unpaired) electrons. The minimum Gasteiger partial charge on any atom is -0.352 e. The van der Waals surface area contributed by atoms with Crippen molar-refractivity contribution in [3.63, 3.8) is 0 Å². The van der Waals surface area contributed by atoms with Crippen LogP contribution in [0, 0.1) is 0 Å². The summed E-state index contributed by atoms with van der Waals surface area (Å²) >= 11 is 6.28. The lowest BCUT2D eigenvalue weighted by Crippen LogP contribution is -2.54. The summed E-state index contributed by atoms with van der Waals surface area (Å²) in [6, 6.07) is 28.3. The Bertz CT molecular complexity index is 1640. The van der Waals surface area contributed by atoms with Gasteiger partial charge in [0.05, 0.1) is 11.9 Å². The van der Waals surface area contributed by atoms with Gasteiger partial charge in [0, 0.05) is 29.4 Å². The first-order valence-electron chi connectivity index (χ1n) is 13.9. The number of fused-ring (bicyclic) bond motifs is 1. The van der Waals surface area contributed by atoms with Gasteiger partial charge in [-0.15, -0.1) is 0 Å². The molecule has 220 valence electrons. The molecule has 0 aliphatic carbocycles. The average molecular weight is 606 g/mol. The Morgan fingerprint density at radius 2 is 1.52 bits per heavy atom. The highest BCUT2D eigenvalue weighted by Gasteiger charge is 2.33. The summed E-state index contributed by atoms with van der Waals surface area (Å²) in [4.78, 5) is 29.6. The van der Waals surface area contributed by atoms with Gasteiger partial charge < -0.3 is 10.2 Å². The summed E-state index contributed by atoms with van der Waals surface area (Å²) in [5, 5.41) is 5.08. The molecule has 4 rings (SSSR count). The van der Waals surface area contributed by atoms with Crippen molar-refractivity contribution >= 4 is 49.9 Å². The predicted molar refractivity (Wildman–Crippen MR) is 170 cm³/mol. The Morgan fingerprint density at radius 1 is 0.881 bits per heavy atom. The first-order chi connectivity index (χ1) is 20.1. The summed E-state index contributed by atoms with van der Waals surface area (Å²) in [7, 11) is -3.88. The summed E-state index contributed by atoms with van der Waals surface area (Å²) in [6.07, 6.45) is 2.05. The third-order valence-electron chi connectivity index (χ3n) is 7.23. The fraction of sp³-hybridized carbons (Fsp3) is 0.273. The molecule has 2 amide bonds. The quantitative estimate of drug-likeness (QED) is 0.221. The number of amides is 2. The van der Waals surface area contributed by atoms with E-state index in [1.54, 1.807) is 30.3 Å². The molecule has 0 bridgehead atoms. The number of nitrogens with one attached hydrogen (secondary N) is 1. The van der Waals surface area contributed by atoms with Crippen LogP contribution in [0.1, 0.15) is 31.4 Å². The first-order valence-corrected chi connectivity index (χ1v) is 16.1. The molecule has 2 atom stereocenters. The molecular formula is C33H36ClN3O4S. The predicted octanol–water partition coefficient (Wildman–Crippen LogP) is 5.81.